The zero-order chi connectivity index (χ0) is 25.3. The Morgan fingerprint density at radius 3 is 2.40 bits per heavy atom. The maximum absolute atomic E-state index is 14.6. The third-order valence-corrected chi connectivity index (χ3v) is 7.41. The lowest BCUT2D eigenvalue weighted by atomic mass is 9.97. The van der Waals surface area contributed by atoms with Gasteiger partial charge in [0.05, 0.1) is 24.6 Å². The van der Waals surface area contributed by atoms with Gasteiger partial charge < -0.3 is 14.0 Å². The molecule has 0 amide bonds. The molecule has 0 saturated heterocycles. The number of aromatic nitrogens is 1. The molecule has 0 spiro atoms. The Bertz CT molecular complexity index is 1440. The van der Waals surface area contributed by atoms with Gasteiger partial charge in [0.1, 0.15) is 22.5 Å². The van der Waals surface area contributed by atoms with Crippen LogP contribution in [0.4, 0.5) is 4.39 Å². The van der Waals surface area contributed by atoms with Crippen molar-refractivity contribution in [3.63, 3.8) is 0 Å². The minimum atomic E-state index is -0.708. The second-order valence-electron chi connectivity index (χ2n) is 8.87. The molecule has 2 aromatic carbocycles. The maximum Gasteiger partial charge on any atom is 0.303 e. The molecule has 35 heavy (non-hydrogen) atoms. The minimum Gasteiger partial charge on any atom is -0.497 e. The summed E-state index contributed by atoms with van der Waals surface area (Å²) in [6.45, 7) is 7.31. The summed E-state index contributed by atoms with van der Waals surface area (Å²) in [5.41, 5.74) is 2.53. The molecule has 0 fully saturated rings. The number of benzene rings is 2. The second kappa shape index (κ2) is 10.0. The standard InChI is InChI=1S/C28H28FNO4S/c1-16(2)26(34-18(4)31)22-15-30(14-20-8-6-7-9-23(20)29)28-24(25(22)32)17(3)27(35-28)19-10-12-21(33-5)13-11-19/h6-13,15-16,26H,14H2,1-5H3. The quantitative estimate of drug-likeness (QED) is 0.276. The number of thiophene rings is 1. The van der Waals surface area contributed by atoms with Crippen molar-refractivity contribution in [2.45, 2.75) is 40.3 Å². The van der Waals surface area contributed by atoms with Gasteiger partial charge in [-0.25, -0.2) is 4.39 Å². The Kier molecular flexibility index (Phi) is 7.08. The summed E-state index contributed by atoms with van der Waals surface area (Å²) < 4.78 is 27.3. The summed E-state index contributed by atoms with van der Waals surface area (Å²) >= 11 is 1.49. The molecule has 0 N–H and O–H groups in total. The van der Waals surface area contributed by atoms with Gasteiger partial charge in [0.15, 0.2) is 5.43 Å². The highest BCUT2D eigenvalue weighted by Crippen LogP contribution is 2.39. The third-order valence-electron chi connectivity index (χ3n) is 6.03. The van der Waals surface area contributed by atoms with Gasteiger partial charge in [-0.3, -0.25) is 9.59 Å². The van der Waals surface area contributed by atoms with E-state index < -0.39 is 12.1 Å². The van der Waals surface area contributed by atoms with E-state index in [4.69, 9.17) is 9.47 Å². The van der Waals surface area contributed by atoms with Crippen molar-refractivity contribution in [2.24, 2.45) is 5.92 Å². The third kappa shape index (κ3) is 4.86. The first kappa shape index (κ1) is 24.7. The number of halogens is 1. The highest BCUT2D eigenvalue weighted by Gasteiger charge is 2.27. The van der Waals surface area contributed by atoms with Gasteiger partial charge in [-0.1, -0.05) is 32.0 Å². The number of ether oxygens (including phenoxy) is 2. The first-order chi connectivity index (χ1) is 16.7. The second-order valence-corrected chi connectivity index (χ2v) is 9.87. The Morgan fingerprint density at radius 1 is 1.11 bits per heavy atom. The summed E-state index contributed by atoms with van der Waals surface area (Å²) in [7, 11) is 1.62. The van der Waals surface area contributed by atoms with E-state index in [-0.39, 0.29) is 23.7 Å². The number of carbonyl (C=O) groups is 1. The normalized spacial score (nSPS) is 12.2. The molecule has 7 heteroatoms. The predicted molar refractivity (Wildman–Crippen MR) is 138 cm³/mol. The lowest BCUT2D eigenvalue weighted by Gasteiger charge is -2.22. The smallest absolute Gasteiger partial charge is 0.303 e. The molecule has 0 aliphatic carbocycles. The van der Waals surface area contributed by atoms with Crippen molar-refractivity contribution in [3.05, 3.63) is 87.5 Å². The van der Waals surface area contributed by atoms with Crippen LogP contribution in [0.2, 0.25) is 0 Å². The van der Waals surface area contributed by atoms with Gasteiger partial charge in [-0.05, 0) is 54.3 Å². The molecule has 4 rings (SSSR count). The molecule has 2 heterocycles. The summed E-state index contributed by atoms with van der Waals surface area (Å²) in [4.78, 5) is 27.3. The summed E-state index contributed by atoms with van der Waals surface area (Å²) in [5, 5.41) is 0.562. The predicted octanol–water partition coefficient (Wildman–Crippen LogP) is 6.49. The number of fused-ring (bicyclic) bond motifs is 1. The fourth-order valence-corrected chi connectivity index (χ4v) is 5.57. The SMILES string of the molecule is COc1ccc(-c2sc3c(c2C)c(=O)c(C(OC(C)=O)C(C)C)cn3Cc2ccccc2F)cc1. The maximum atomic E-state index is 14.6. The number of esters is 1. The molecule has 0 aliphatic rings. The molecular formula is C28H28FNO4S. The number of aryl methyl sites for hydroxylation is 1. The van der Waals surface area contributed by atoms with E-state index in [1.54, 1.807) is 31.5 Å². The van der Waals surface area contributed by atoms with Gasteiger partial charge in [0.25, 0.3) is 0 Å². The number of rotatable bonds is 7. The average Bonchev–Trinajstić information content (AvgIpc) is 3.18. The first-order valence-corrected chi connectivity index (χ1v) is 12.2. The number of hydrogen-bond donors (Lipinski definition) is 0. The van der Waals surface area contributed by atoms with Crippen LogP contribution in [0.25, 0.3) is 20.7 Å². The van der Waals surface area contributed by atoms with E-state index in [0.717, 1.165) is 26.6 Å². The monoisotopic (exact) mass is 493 g/mol. The van der Waals surface area contributed by atoms with Crippen LogP contribution in [0.1, 0.15) is 43.6 Å². The van der Waals surface area contributed by atoms with E-state index in [2.05, 4.69) is 0 Å². The fourth-order valence-electron chi connectivity index (χ4n) is 4.28. The van der Waals surface area contributed by atoms with Crippen molar-refractivity contribution >= 4 is 27.5 Å². The zero-order valence-electron chi connectivity index (χ0n) is 20.4. The van der Waals surface area contributed by atoms with Crippen LogP contribution < -0.4 is 10.2 Å². The van der Waals surface area contributed by atoms with Crippen molar-refractivity contribution < 1.29 is 18.7 Å². The van der Waals surface area contributed by atoms with E-state index in [1.807, 2.05) is 49.6 Å². The van der Waals surface area contributed by atoms with E-state index in [0.29, 0.717) is 16.5 Å². The van der Waals surface area contributed by atoms with Gasteiger partial charge >= 0.3 is 5.97 Å². The van der Waals surface area contributed by atoms with E-state index >= 15 is 0 Å². The van der Waals surface area contributed by atoms with Crippen molar-refractivity contribution in [2.75, 3.05) is 7.11 Å². The van der Waals surface area contributed by atoms with E-state index in [9.17, 15) is 14.0 Å². The summed E-state index contributed by atoms with van der Waals surface area (Å²) in [5.74, 6) is -0.143. The fraction of sp³-hybridized carbons (Fsp3) is 0.286. The molecule has 1 atom stereocenters. The molecule has 0 aliphatic heterocycles. The Balaban J connectivity index is 1.98. The van der Waals surface area contributed by atoms with Crippen LogP contribution >= 0.6 is 11.3 Å². The number of hydrogen-bond acceptors (Lipinski definition) is 5. The molecule has 5 nitrogen and oxygen atoms in total. The summed E-state index contributed by atoms with van der Waals surface area (Å²) in [6.07, 6.45) is 1.01. The van der Waals surface area contributed by atoms with Crippen LogP contribution in [0, 0.1) is 18.7 Å². The van der Waals surface area contributed by atoms with Crippen molar-refractivity contribution in [3.8, 4) is 16.2 Å². The molecule has 0 radical (unpaired) electrons. The van der Waals surface area contributed by atoms with Crippen LogP contribution in [-0.2, 0) is 16.1 Å². The average molecular weight is 494 g/mol. The van der Waals surface area contributed by atoms with Gasteiger partial charge in [0, 0.05) is 23.6 Å². The summed E-state index contributed by atoms with van der Waals surface area (Å²) in [6, 6.07) is 14.3. The highest BCUT2D eigenvalue weighted by molar-refractivity contribution is 7.22. The van der Waals surface area contributed by atoms with Crippen LogP contribution in [0.5, 0.6) is 5.75 Å². The Labute approximate surface area is 207 Å². The highest BCUT2D eigenvalue weighted by atomic mass is 32.1. The van der Waals surface area contributed by atoms with Gasteiger partial charge in [-0.2, -0.15) is 0 Å². The largest absolute Gasteiger partial charge is 0.497 e. The van der Waals surface area contributed by atoms with Crippen LogP contribution in [0.15, 0.2) is 59.5 Å². The Hall–Kier alpha value is -3.45. The molecule has 0 bridgehead atoms. The van der Waals surface area contributed by atoms with Crippen molar-refractivity contribution in [1.82, 2.24) is 4.57 Å². The van der Waals surface area contributed by atoms with Gasteiger partial charge in [-0.15, -0.1) is 11.3 Å². The number of pyridine rings is 1. The zero-order valence-corrected chi connectivity index (χ0v) is 21.2. The first-order valence-electron chi connectivity index (χ1n) is 11.4. The topological polar surface area (TPSA) is 57.5 Å². The molecule has 0 saturated carbocycles. The minimum absolute atomic E-state index is 0.119. The van der Waals surface area contributed by atoms with Crippen LogP contribution in [-0.4, -0.2) is 17.6 Å². The lowest BCUT2D eigenvalue weighted by molar-refractivity contribution is -0.149. The Morgan fingerprint density at radius 2 is 1.80 bits per heavy atom. The molecule has 4 aromatic rings. The van der Waals surface area contributed by atoms with E-state index in [1.165, 1.54) is 24.3 Å². The molecule has 1 unspecified atom stereocenters. The van der Waals surface area contributed by atoms with Crippen molar-refractivity contribution in [1.29, 1.82) is 0 Å². The molecular weight excluding hydrogens is 465 g/mol. The number of methoxy groups -OCH3 is 1. The number of carbonyl (C=O) groups excluding carboxylic acids is 1. The molecule has 182 valence electrons. The lowest BCUT2D eigenvalue weighted by Crippen LogP contribution is -2.24. The molecule has 2 aromatic heterocycles. The van der Waals surface area contributed by atoms with Gasteiger partial charge in [0.2, 0.25) is 0 Å². The van der Waals surface area contributed by atoms with Crippen LogP contribution in [0.3, 0.4) is 0 Å². The number of nitrogens with zero attached hydrogens (tertiary/aromatic N) is 1.